The Bertz CT molecular complexity index is 458. The molecule has 20 heavy (non-hydrogen) atoms. The Balaban J connectivity index is 2.68. The maximum atomic E-state index is 11.7. The van der Waals surface area contributed by atoms with Gasteiger partial charge in [0, 0.05) is 10.5 Å². The van der Waals surface area contributed by atoms with Crippen LogP contribution in [0.25, 0.3) is 0 Å². The van der Waals surface area contributed by atoms with Gasteiger partial charge in [0.05, 0.1) is 12.3 Å². The number of anilines is 1. The third kappa shape index (κ3) is 6.25. The molecule has 1 amide bonds. The van der Waals surface area contributed by atoms with E-state index in [9.17, 15) is 4.79 Å². The van der Waals surface area contributed by atoms with Gasteiger partial charge in [0.15, 0.2) is 0 Å². The second kappa shape index (κ2) is 7.50. The van der Waals surface area contributed by atoms with Crippen LogP contribution in [0.4, 0.5) is 10.5 Å². The first-order chi connectivity index (χ1) is 9.31. The molecular weight excluding hydrogens is 324 g/mol. The number of nitrogens with two attached hydrogens (primary N) is 1. The molecule has 1 aromatic rings. The fourth-order valence-electron chi connectivity index (χ4n) is 1.38. The lowest BCUT2D eigenvalue weighted by Gasteiger charge is -2.20. The molecule has 0 saturated heterocycles. The Kier molecular flexibility index (Phi) is 6.29. The Hall–Kier alpha value is -1.27. The largest absolute Gasteiger partial charge is 0.493 e. The quantitative estimate of drug-likeness (QED) is 0.801. The lowest BCUT2D eigenvalue weighted by Crippen LogP contribution is -2.27. The summed E-state index contributed by atoms with van der Waals surface area (Å²) in [7, 11) is 0. The van der Waals surface area contributed by atoms with E-state index in [1.807, 2.05) is 32.9 Å². The summed E-state index contributed by atoms with van der Waals surface area (Å²) in [6.45, 7) is 6.57. The standard InChI is InChI=1S/C14H21BrN2O3/c1-14(2,3)20-13(18)17-12-9-10(5-6-11(12)15)19-8-4-7-16/h5-6,9H,4,7-8,16H2,1-3H3,(H,17,18). The van der Waals surface area contributed by atoms with Crippen LogP contribution in [0.15, 0.2) is 22.7 Å². The van der Waals surface area contributed by atoms with Gasteiger partial charge < -0.3 is 15.2 Å². The Morgan fingerprint density at radius 3 is 2.70 bits per heavy atom. The summed E-state index contributed by atoms with van der Waals surface area (Å²) < 4.78 is 11.5. The number of amides is 1. The number of benzene rings is 1. The molecule has 0 aliphatic heterocycles. The molecule has 112 valence electrons. The van der Waals surface area contributed by atoms with Crippen molar-refractivity contribution in [1.29, 1.82) is 0 Å². The van der Waals surface area contributed by atoms with Gasteiger partial charge in [-0.25, -0.2) is 4.79 Å². The summed E-state index contributed by atoms with van der Waals surface area (Å²) in [6.07, 6.45) is 0.280. The second-order valence-corrected chi connectivity index (χ2v) is 6.11. The number of nitrogens with one attached hydrogen (secondary N) is 1. The van der Waals surface area contributed by atoms with E-state index in [-0.39, 0.29) is 0 Å². The molecule has 6 heteroatoms. The molecule has 0 heterocycles. The smallest absolute Gasteiger partial charge is 0.412 e. The molecule has 3 N–H and O–H groups in total. The SMILES string of the molecule is CC(C)(C)OC(=O)Nc1cc(OCCCN)ccc1Br. The normalized spacial score (nSPS) is 11.1. The van der Waals surface area contributed by atoms with E-state index in [2.05, 4.69) is 21.2 Å². The van der Waals surface area contributed by atoms with Crippen molar-refractivity contribution in [1.82, 2.24) is 0 Å². The zero-order valence-electron chi connectivity index (χ0n) is 12.0. The predicted molar refractivity (Wildman–Crippen MR) is 83.2 cm³/mol. The number of carbonyl (C=O) groups is 1. The van der Waals surface area contributed by atoms with E-state index in [0.29, 0.717) is 24.6 Å². The van der Waals surface area contributed by atoms with Gasteiger partial charge in [0.25, 0.3) is 0 Å². The third-order valence-electron chi connectivity index (χ3n) is 2.19. The molecule has 0 aliphatic rings. The molecule has 0 saturated carbocycles. The summed E-state index contributed by atoms with van der Waals surface area (Å²) in [5.41, 5.74) is 5.48. The number of hydrogen-bond acceptors (Lipinski definition) is 4. The van der Waals surface area contributed by atoms with Crippen molar-refractivity contribution in [3.8, 4) is 5.75 Å². The van der Waals surface area contributed by atoms with Crippen LogP contribution in [0.5, 0.6) is 5.75 Å². The monoisotopic (exact) mass is 344 g/mol. The highest BCUT2D eigenvalue weighted by Crippen LogP contribution is 2.27. The Labute approximate surface area is 127 Å². The number of carbonyl (C=O) groups excluding carboxylic acids is 1. The van der Waals surface area contributed by atoms with Crippen molar-refractivity contribution in [2.75, 3.05) is 18.5 Å². The van der Waals surface area contributed by atoms with E-state index in [1.54, 1.807) is 6.07 Å². The van der Waals surface area contributed by atoms with E-state index < -0.39 is 11.7 Å². The summed E-state index contributed by atoms with van der Waals surface area (Å²) in [5.74, 6) is 0.674. The number of rotatable bonds is 5. The maximum Gasteiger partial charge on any atom is 0.412 e. The first-order valence-corrected chi connectivity index (χ1v) is 7.23. The van der Waals surface area contributed by atoms with Crippen molar-refractivity contribution in [3.63, 3.8) is 0 Å². The van der Waals surface area contributed by atoms with Crippen LogP contribution in [0, 0.1) is 0 Å². The number of ether oxygens (including phenoxy) is 2. The summed E-state index contributed by atoms with van der Waals surface area (Å²) >= 11 is 3.37. The van der Waals surface area contributed by atoms with Crippen LogP contribution in [0.3, 0.4) is 0 Å². The summed E-state index contributed by atoms with van der Waals surface area (Å²) in [6, 6.07) is 5.37. The van der Waals surface area contributed by atoms with Crippen molar-refractivity contribution in [2.45, 2.75) is 32.8 Å². The fourth-order valence-corrected chi connectivity index (χ4v) is 1.72. The highest BCUT2D eigenvalue weighted by atomic mass is 79.9. The highest BCUT2D eigenvalue weighted by molar-refractivity contribution is 9.10. The molecule has 0 unspecified atom stereocenters. The molecule has 0 bridgehead atoms. The van der Waals surface area contributed by atoms with Crippen LogP contribution in [0.1, 0.15) is 27.2 Å². The summed E-state index contributed by atoms with van der Waals surface area (Å²) in [4.78, 5) is 11.7. The van der Waals surface area contributed by atoms with Crippen LogP contribution >= 0.6 is 15.9 Å². The highest BCUT2D eigenvalue weighted by Gasteiger charge is 2.17. The van der Waals surface area contributed by atoms with E-state index >= 15 is 0 Å². The molecular formula is C14H21BrN2O3. The van der Waals surface area contributed by atoms with Gasteiger partial charge in [-0.05, 0) is 61.8 Å². The number of halogens is 1. The van der Waals surface area contributed by atoms with Crippen molar-refractivity contribution in [2.24, 2.45) is 5.73 Å². The average Bonchev–Trinajstić information content (AvgIpc) is 2.31. The third-order valence-corrected chi connectivity index (χ3v) is 2.88. The zero-order chi connectivity index (χ0) is 15.2. The van der Waals surface area contributed by atoms with Crippen LogP contribution in [-0.4, -0.2) is 24.8 Å². The molecule has 0 fully saturated rings. The fraction of sp³-hybridized carbons (Fsp3) is 0.500. The van der Waals surface area contributed by atoms with E-state index in [4.69, 9.17) is 15.2 Å². The van der Waals surface area contributed by atoms with Gasteiger partial charge in [-0.2, -0.15) is 0 Å². The summed E-state index contributed by atoms with van der Waals surface area (Å²) in [5, 5.41) is 2.68. The molecule has 1 aromatic carbocycles. The van der Waals surface area contributed by atoms with Gasteiger partial charge in [-0.3, -0.25) is 5.32 Å². The Morgan fingerprint density at radius 2 is 2.10 bits per heavy atom. The van der Waals surface area contributed by atoms with Gasteiger partial charge in [-0.15, -0.1) is 0 Å². The Morgan fingerprint density at radius 1 is 1.40 bits per heavy atom. The van der Waals surface area contributed by atoms with Crippen molar-refractivity contribution < 1.29 is 14.3 Å². The van der Waals surface area contributed by atoms with Gasteiger partial charge in [-0.1, -0.05) is 0 Å². The van der Waals surface area contributed by atoms with Crippen molar-refractivity contribution >= 4 is 27.7 Å². The van der Waals surface area contributed by atoms with Gasteiger partial charge >= 0.3 is 6.09 Å². The average molecular weight is 345 g/mol. The maximum absolute atomic E-state index is 11.7. The zero-order valence-corrected chi connectivity index (χ0v) is 13.6. The lowest BCUT2D eigenvalue weighted by atomic mass is 10.2. The van der Waals surface area contributed by atoms with E-state index in [0.717, 1.165) is 10.9 Å². The van der Waals surface area contributed by atoms with Crippen LogP contribution in [-0.2, 0) is 4.74 Å². The lowest BCUT2D eigenvalue weighted by molar-refractivity contribution is 0.0636. The first-order valence-electron chi connectivity index (χ1n) is 6.44. The molecule has 0 spiro atoms. The molecule has 0 aromatic heterocycles. The molecule has 5 nitrogen and oxygen atoms in total. The van der Waals surface area contributed by atoms with Crippen LogP contribution in [0.2, 0.25) is 0 Å². The minimum absolute atomic E-state index is 0.502. The molecule has 1 rings (SSSR count). The van der Waals surface area contributed by atoms with Gasteiger partial charge in [0.1, 0.15) is 11.4 Å². The number of hydrogen-bond donors (Lipinski definition) is 2. The minimum Gasteiger partial charge on any atom is -0.493 e. The molecule has 0 radical (unpaired) electrons. The van der Waals surface area contributed by atoms with Crippen LogP contribution < -0.4 is 15.8 Å². The topological polar surface area (TPSA) is 73.6 Å². The predicted octanol–water partition coefficient (Wildman–Crippen LogP) is 3.52. The van der Waals surface area contributed by atoms with Gasteiger partial charge in [0.2, 0.25) is 0 Å². The second-order valence-electron chi connectivity index (χ2n) is 5.26. The van der Waals surface area contributed by atoms with Crippen molar-refractivity contribution in [3.05, 3.63) is 22.7 Å². The minimum atomic E-state index is -0.536. The first kappa shape index (κ1) is 16.8. The molecule has 0 atom stereocenters. The van der Waals surface area contributed by atoms with E-state index in [1.165, 1.54) is 0 Å². The molecule has 0 aliphatic carbocycles.